The molecule has 6 rings (SSSR count). The van der Waals surface area contributed by atoms with Crippen molar-refractivity contribution in [1.29, 1.82) is 5.26 Å². The first-order valence-corrected chi connectivity index (χ1v) is 17.4. The van der Waals surface area contributed by atoms with Crippen LogP contribution in [-0.2, 0) is 21.6 Å². The summed E-state index contributed by atoms with van der Waals surface area (Å²) >= 11 is 1.16. The summed E-state index contributed by atoms with van der Waals surface area (Å²) in [5, 5.41) is 28.7. The van der Waals surface area contributed by atoms with Crippen molar-refractivity contribution in [3.63, 3.8) is 0 Å². The average Bonchev–Trinajstić information content (AvgIpc) is 3.74. The van der Waals surface area contributed by atoms with Crippen LogP contribution in [0.3, 0.4) is 0 Å². The summed E-state index contributed by atoms with van der Waals surface area (Å²) in [7, 11) is 0. The summed E-state index contributed by atoms with van der Waals surface area (Å²) in [4.78, 5) is 46.4. The molecule has 0 radical (unpaired) electrons. The molecule has 15 heteroatoms. The fraction of sp³-hybridized carbons (Fsp3) is 0.529. The Labute approximate surface area is 286 Å². The number of aryl methyl sites for hydroxylation is 1. The van der Waals surface area contributed by atoms with E-state index in [1.807, 2.05) is 19.9 Å². The molecule has 0 spiro atoms. The van der Waals surface area contributed by atoms with Gasteiger partial charge in [0.25, 0.3) is 11.5 Å². The van der Waals surface area contributed by atoms with E-state index in [2.05, 4.69) is 10.2 Å². The number of benzene rings is 1. The summed E-state index contributed by atoms with van der Waals surface area (Å²) in [6.45, 7) is 7.08. The molecule has 1 aromatic carbocycles. The Morgan fingerprint density at radius 2 is 1.84 bits per heavy atom. The Hall–Kier alpha value is -4.39. The number of amides is 1. The minimum absolute atomic E-state index is 0.0192. The van der Waals surface area contributed by atoms with Gasteiger partial charge in [0.05, 0.1) is 43.1 Å². The highest BCUT2D eigenvalue weighted by molar-refractivity contribution is 7.21. The molecule has 1 aliphatic heterocycles. The van der Waals surface area contributed by atoms with E-state index < -0.39 is 34.8 Å². The molecule has 1 aliphatic carbocycles. The predicted molar refractivity (Wildman–Crippen MR) is 179 cm³/mol. The molecule has 3 aromatic heterocycles. The average molecular weight is 694 g/mol. The number of carbonyl (C=O) groups excluding carboxylic acids is 1. The second kappa shape index (κ2) is 13.9. The smallest absolute Gasteiger partial charge is 0.333 e. The number of fused-ring (bicyclic) bond motifs is 1. The van der Waals surface area contributed by atoms with E-state index >= 15 is 0 Å². The first kappa shape index (κ1) is 34.5. The maximum atomic E-state index is 14.9. The van der Waals surface area contributed by atoms with Crippen molar-refractivity contribution in [1.82, 2.24) is 29.0 Å². The van der Waals surface area contributed by atoms with Crippen LogP contribution in [0.4, 0.5) is 4.39 Å². The number of aliphatic hydroxyl groups excluding tert-OH is 1. The van der Waals surface area contributed by atoms with E-state index in [9.17, 15) is 29.1 Å². The minimum Gasteiger partial charge on any atom is -0.478 e. The molecule has 4 aromatic rings. The number of aliphatic hydroxyl groups is 1. The molecular formula is C34H40FN7O6S. The third-order valence-corrected chi connectivity index (χ3v) is 11.1. The van der Waals surface area contributed by atoms with Gasteiger partial charge < -0.3 is 19.5 Å². The quantitative estimate of drug-likeness (QED) is 0.217. The standard InChI is InChI=1S/C34H40FN7O6S/c1-5-22(6-2)40-19-34(4,32(40)45)41-29(44)28-20(3)30(42-37-14-15-38-42)49-31(28)39(33(41)46)18-27(48-24-10-8-23(43)9-11-24)25-17-21(35)7-12-26(25)47-16-13-36/h7,12,14-15,17,22-24,27,43H,5-6,8-11,16,18-19H2,1-4H3/t23?,24?,27-,34?/m0/s1. The normalized spacial score (nSPS) is 21.6. The van der Waals surface area contributed by atoms with Gasteiger partial charge in [0.1, 0.15) is 39.1 Å². The Morgan fingerprint density at radius 3 is 2.47 bits per heavy atom. The maximum absolute atomic E-state index is 14.9. The lowest BCUT2D eigenvalue weighted by Gasteiger charge is -2.50. The van der Waals surface area contributed by atoms with E-state index in [4.69, 9.17) is 9.47 Å². The van der Waals surface area contributed by atoms with Gasteiger partial charge in [0, 0.05) is 17.2 Å². The summed E-state index contributed by atoms with van der Waals surface area (Å²) < 4.78 is 29.7. The number of likely N-dealkylation sites (tertiary alicyclic amines) is 1. The molecule has 2 fully saturated rings. The van der Waals surface area contributed by atoms with Gasteiger partial charge in [-0.05, 0) is 70.6 Å². The number of aromatic nitrogens is 5. The third-order valence-electron chi connectivity index (χ3n) is 9.82. The zero-order chi connectivity index (χ0) is 35.0. The van der Waals surface area contributed by atoms with Gasteiger partial charge in [-0.1, -0.05) is 25.2 Å². The lowest BCUT2D eigenvalue weighted by Crippen LogP contribution is -2.72. The second-order valence-electron chi connectivity index (χ2n) is 12.9. The van der Waals surface area contributed by atoms with Crippen molar-refractivity contribution in [2.24, 2.45) is 0 Å². The molecule has 1 saturated heterocycles. The van der Waals surface area contributed by atoms with Gasteiger partial charge in [-0.25, -0.2) is 13.8 Å². The number of hydrogen-bond donors (Lipinski definition) is 1. The van der Waals surface area contributed by atoms with Crippen LogP contribution in [0.5, 0.6) is 5.75 Å². The number of nitrogens with zero attached hydrogens (tertiary/aromatic N) is 7. The van der Waals surface area contributed by atoms with E-state index in [1.54, 1.807) is 18.7 Å². The molecule has 1 saturated carbocycles. The molecule has 1 unspecified atom stereocenters. The second-order valence-corrected chi connectivity index (χ2v) is 13.9. The number of nitriles is 1. The molecule has 260 valence electrons. The van der Waals surface area contributed by atoms with Gasteiger partial charge in [-0.2, -0.15) is 15.5 Å². The monoisotopic (exact) mass is 693 g/mol. The van der Waals surface area contributed by atoms with Crippen molar-refractivity contribution in [2.75, 3.05) is 13.2 Å². The Morgan fingerprint density at radius 1 is 1.14 bits per heavy atom. The minimum atomic E-state index is -1.43. The summed E-state index contributed by atoms with van der Waals surface area (Å²) in [5.74, 6) is -0.659. The highest BCUT2D eigenvalue weighted by Crippen LogP contribution is 2.38. The third kappa shape index (κ3) is 6.17. The summed E-state index contributed by atoms with van der Waals surface area (Å²) in [6.07, 6.45) is 4.85. The van der Waals surface area contributed by atoms with E-state index in [1.165, 1.54) is 40.0 Å². The topological polar surface area (TPSA) is 158 Å². The molecule has 13 nitrogen and oxygen atoms in total. The molecular weight excluding hydrogens is 653 g/mol. The zero-order valence-corrected chi connectivity index (χ0v) is 28.8. The van der Waals surface area contributed by atoms with Crippen LogP contribution in [0.15, 0.2) is 40.2 Å². The largest absolute Gasteiger partial charge is 0.478 e. The van der Waals surface area contributed by atoms with Crippen molar-refractivity contribution in [3.05, 3.63) is 68.4 Å². The fourth-order valence-electron chi connectivity index (χ4n) is 7.13. The van der Waals surface area contributed by atoms with Crippen LogP contribution < -0.4 is 16.0 Å². The van der Waals surface area contributed by atoms with E-state index in [0.717, 1.165) is 28.7 Å². The van der Waals surface area contributed by atoms with Crippen molar-refractivity contribution < 1.29 is 23.8 Å². The SMILES string of the molecule is CCC(CC)N1CC(C)(n2c(=O)c3c(C)c(-n4nccn4)sc3n(C[C@H](OC3CCC(O)CC3)c3cc(F)ccc3OCC#N)c2=O)C1=O. The Kier molecular flexibility index (Phi) is 9.74. The highest BCUT2D eigenvalue weighted by atomic mass is 32.1. The Bertz CT molecular complexity index is 2010. The fourth-order valence-corrected chi connectivity index (χ4v) is 8.35. The molecule has 0 bridgehead atoms. The van der Waals surface area contributed by atoms with Gasteiger partial charge in [-0.15, -0.1) is 4.80 Å². The van der Waals surface area contributed by atoms with Crippen molar-refractivity contribution in [3.8, 4) is 16.8 Å². The lowest BCUT2D eigenvalue weighted by atomic mass is 9.87. The number of hydrogen-bond acceptors (Lipinski definition) is 10. The molecule has 4 heterocycles. The number of halogens is 1. The number of rotatable bonds is 12. The molecule has 49 heavy (non-hydrogen) atoms. The van der Waals surface area contributed by atoms with Gasteiger partial charge in [-0.3, -0.25) is 14.2 Å². The van der Waals surface area contributed by atoms with E-state index in [-0.39, 0.29) is 54.4 Å². The summed E-state index contributed by atoms with van der Waals surface area (Å²) in [5.41, 5.74) is -1.90. The predicted octanol–water partition coefficient (Wildman–Crippen LogP) is 3.96. The van der Waals surface area contributed by atoms with Crippen LogP contribution in [0.1, 0.15) is 76.5 Å². The van der Waals surface area contributed by atoms with E-state index in [0.29, 0.717) is 41.1 Å². The molecule has 1 amide bonds. The zero-order valence-electron chi connectivity index (χ0n) is 28.0. The lowest BCUT2D eigenvalue weighted by molar-refractivity contribution is -0.161. The van der Waals surface area contributed by atoms with Crippen LogP contribution in [0.2, 0.25) is 0 Å². The first-order valence-electron chi connectivity index (χ1n) is 16.6. The number of thiophene rings is 1. The van der Waals surface area contributed by atoms with Crippen LogP contribution in [-0.4, -0.2) is 71.4 Å². The molecule has 2 aliphatic rings. The molecule has 2 atom stereocenters. The molecule has 1 N–H and O–H groups in total. The number of carbonyl (C=O) groups is 1. The number of β-lactam (4-membered cyclic amide) rings is 1. The summed E-state index contributed by atoms with van der Waals surface area (Å²) in [6, 6.07) is 5.80. The van der Waals surface area contributed by atoms with Crippen molar-refractivity contribution >= 4 is 27.5 Å². The first-order chi connectivity index (χ1) is 23.5. The number of ether oxygens (including phenoxy) is 2. The van der Waals surface area contributed by atoms with Gasteiger partial charge >= 0.3 is 5.69 Å². The van der Waals surface area contributed by atoms with Gasteiger partial charge in [0.15, 0.2) is 6.61 Å². The Balaban J connectivity index is 1.55. The maximum Gasteiger partial charge on any atom is 0.333 e. The van der Waals surface area contributed by atoms with Crippen LogP contribution in [0.25, 0.3) is 15.2 Å². The highest BCUT2D eigenvalue weighted by Gasteiger charge is 2.53. The van der Waals surface area contributed by atoms with Gasteiger partial charge in [0.2, 0.25) is 0 Å². The van der Waals surface area contributed by atoms with Crippen LogP contribution >= 0.6 is 11.3 Å². The van der Waals surface area contributed by atoms with Crippen LogP contribution in [0, 0.1) is 24.1 Å². The van der Waals surface area contributed by atoms with Crippen molar-refractivity contribution in [2.45, 2.75) is 103 Å².